The predicted molar refractivity (Wildman–Crippen MR) is 90.9 cm³/mol. The molecule has 9 nitrogen and oxygen atoms in total. The van der Waals surface area contributed by atoms with E-state index in [1.807, 2.05) is 0 Å². The largest absolute Gasteiger partial charge is 0.481 e. The number of carboxylic acid groups (broad SMARTS) is 1. The number of rotatable bonds is 7. The van der Waals surface area contributed by atoms with Gasteiger partial charge in [-0.1, -0.05) is 11.3 Å². The summed E-state index contributed by atoms with van der Waals surface area (Å²) in [4.78, 5) is 50.0. The van der Waals surface area contributed by atoms with Gasteiger partial charge in [0.1, 0.15) is 10.5 Å². The first-order valence-corrected chi connectivity index (χ1v) is 8.28. The van der Waals surface area contributed by atoms with Gasteiger partial charge in [0.25, 0.3) is 5.91 Å². The molecule has 0 aliphatic carbocycles. The number of amides is 2. The van der Waals surface area contributed by atoms with Crippen molar-refractivity contribution in [2.24, 2.45) is 0 Å². The molecule has 0 saturated carbocycles. The molecule has 0 bridgehead atoms. The van der Waals surface area contributed by atoms with Crippen LogP contribution in [0.3, 0.4) is 0 Å². The van der Waals surface area contributed by atoms with Crippen LogP contribution < -0.4 is 10.6 Å². The Balaban J connectivity index is 2.60. The summed E-state index contributed by atoms with van der Waals surface area (Å²) >= 11 is 0.951. The molecule has 0 atom stereocenters. The number of ketones is 1. The Morgan fingerprint density at radius 2 is 1.84 bits per heavy atom. The number of aromatic nitrogens is 1. The van der Waals surface area contributed by atoms with Gasteiger partial charge < -0.3 is 15.2 Å². The Kier molecular flexibility index (Phi) is 7.04. The summed E-state index contributed by atoms with van der Waals surface area (Å²) in [7, 11) is 0. The zero-order valence-electron chi connectivity index (χ0n) is 14.5. The van der Waals surface area contributed by atoms with Crippen LogP contribution in [0.25, 0.3) is 0 Å². The van der Waals surface area contributed by atoms with Crippen molar-refractivity contribution in [3.63, 3.8) is 0 Å². The van der Waals surface area contributed by atoms with Crippen LogP contribution in [0.5, 0.6) is 0 Å². The molecule has 0 fully saturated rings. The van der Waals surface area contributed by atoms with Crippen LogP contribution in [-0.4, -0.2) is 46.0 Å². The number of aliphatic carboxylic acids is 1. The summed E-state index contributed by atoms with van der Waals surface area (Å²) in [5.41, 5.74) is -0.265. The van der Waals surface area contributed by atoms with Crippen molar-refractivity contribution in [2.45, 2.75) is 46.1 Å². The van der Waals surface area contributed by atoms with E-state index in [0.29, 0.717) is 5.69 Å². The van der Waals surface area contributed by atoms with Crippen molar-refractivity contribution in [3.8, 4) is 0 Å². The number of ether oxygens (including phenoxy) is 1. The van der Waals surface area contributed by atoms with Crippen LogP contribution in [0.4, 0.5) is 9.93 Å². The third kappa shape index (κ3) is 7.75. The highest BCUT2D eigenvalue weighted by Crippen LogP contribution is 2.23. The first-order chi connectivity index (χ1) is 11.5. The molecule has 0 spiro atoms. The minimum atomic E-state index is -1.07. The minimum Gasteiger partial charge on any atom is -0.481 e. The Morgan fingerprint density at radius 1 is 1.20 bits per heavy atom. The Hall–Kier alpha value is -2.49. The van der Waals surface area contributed by atoms with Gasteiger partial charge in [0.15, 0.2) is 10.9 Å². The summed E-state index contributed by atoms with van der Waals surface area (Å²) in [5.74, 6) is -1.98. The topological polar surface area (TPSA) is 135 Å². The Bertz CT molecular complexity index is 677. The second-order valence-electron chi connectivity index (χ2n) is 6.18. The number of carbonyl (C=O) groups excluding carboxylic acids is 3. The monoisotopic (exact) mass is 371 g/mol. The van der Waals surface area contributed by atoms with Crippen molar-refractivity contribution in [2.75, 3.05) is 11.9 Å². The zero-order valence-corrected chi connectivity index (χ0v) is 15.3. The number of carboxylic acids is 1. The quantitative estimate of drug-likeness (QED) is 0.667. The van der Waals surface area contributed by atoms with Crippen LogP contribution in [0.15, 0.2) is 0 Å². The maximum absolute atomic E-state index is 12.1. The lowest BCUT2D eigenvalue weighted by atomic mass is 10.2. The summed E-state index contributed by atoms with van der Waals surface area (Å²) in [6, 6.07) is 0. The van der Waals surface area contributed by atoms with Crippen LogP contribution >= 0.6 is 11.3 Å². The van der Waals surface area contributed by atoms with Gasteiger partial charge in [-0.25, -0.2) is 9.78 Å². The maximum atomic E-state index is 12.1. The lowest BCUT2D eigenvalue weighted by molar-refractivity contribution is -0.138. The number of anilines is 1. The van der Waals surface area contributed by atoms with Crippen molar-refractivity contribution in [3.05, 3.63) is 10.6 Å². The first-order valence-electron chi connectivity index (χ1n) is 7.47. The van der Waals surface area contributed by atoms with E-state index in [9.17, 15) is 19.2 Å². The molecular formula is C15H21N3O6S. The summed E-state index contributed by atoms with van der Waals surface area (Å²) in [5, 5.41) is 13.6. The zero-order chi connectivity index (χ0) is 19.2. The number of hydrogen-bond acceptors (Lipinski definition) is 7. The van der Waals surface area contributed by atoms with E-state index < -0.39 is 23.6 Å². The fourth-order valence-corrected chi connectivity index (χ4v) is 2.51. The first kappa shape index (κ1) is 20.6. The van der Waals surface area contributed by atoms with E-state index in [4.69, 9.17) is 9.84 Å². The molecule has 2 amide bonds. The highest BCUT2D eigenvalue weighted by molar-refractivity contribution is 7.17. The predicted octanol–water partition coefficient (Wildman–Crippen LogP) is 1.96. The number of nitrogens with zero attached hydrogens (tertiary/aromatic N) is 1. The third-order valence-corrected chi connectivity index (χ3v) is 3.75. The van der Waals surface area contributed by atoms with Crippen molar-refractivity contribution >= 4 is 40.2 Å². The van der Waals surface area contributed by atoms with Gasteiger partial charge >= 0.3 is 12.1 Å². The smallest absolute Gasteiger partial charge is 0.413 e. The molecule has 1 rings (SSSR count). The molecule has 25 heavy (non-hydrogen) atoms. The molecule has 1 aromatic heterocycles. The van der Waals surface area contributed by atoms with Crippen LogP contribution in [0, 0.1) is 6.92 Å². The summed E-state index contributed by atoms with van der Waals surface area (Å²) in [6.07, 6.45) is -1.11. The number of Topliss-reactive ketones (excluding diaryl/α,β-unsaturated/α-hetero) is 1. The molecular weight excluding hydrogens is 350 g/mol. The second-order valence-corrected chi connectivity index (χ2v) is 7.17. The molecule has 0 aliphatic heterocycles. The summed E-state index contributed by atoms with van der Waals surface area (Å²) in [6.45, 7) is 6.50. The van der Waals surface area contributed by atoms with Gasteiger partial charge in [0.05, 0.1) is 18.7 Å². The van der Waals surface area contributed by atoms with Crippen molar-refractivity contribution in [1.82, 2.24) is 10.3 Å². The molecule has 138 valence electrons. The summed E-state index contributed by atoms with van der Waals surface area (Å²) < 4.78 is 5.10. The molecule has 3 N–H and O–H groups in total. The maximum Gasteiger partial charge on any atom is 0.413 e. The molecule has 0 saturated heterocycles. The second kappa shape index (κ2) is 8.56. The number of aryl methyl sites for hydroxylation is 1. The lowest BCUT2D eigenvalue weighted by Gasteiger charge is -2.18. The van der Waals surface area contributed by atoms with Gasteiger partial charge in [-0.3, -0.25) is 19.7 Å². The lowest BCUT2D eigenvalue weighted by Crippen LogP contribution is -2.29. The molecule has 0 aromatic carbocycles. The minimum absolute atomic E-state index is 0.150. The molecule has 10 heteroatoms. The number of hydrogen-bond donors (Lipinski definition) is 3. The molecule has 0 aliphatic rings. The molecule has 1 aromatic rings. The van der Waals surface area contributed by atoms with Gasteiger partial charge in [-0.15, -0.1) is 0 Å². The number of thiazole rings is 1. The highest BCUT2D eigenvalue weighted by atomic mass is 32.1. The normalized spacial score (nSPS) is 10.9. The van der Waals surface area contributed by atoms with E-state index in [1.54, 1.807) is 27.7 Å². The van der Waals surface area contributed by atoms with Crippen LogP contribution in [0.2, 0.25) is 0 Å². The Labute approximate surface area is 148 Å². The molecule has 0 radical (unpaired) electrons. The number of carbonyl (C=O) groups is 4. The highest BCUT2D eigenvalue weighted by Gasteiger charge is 2.20. The van der Waals surface area contributed by atoms with Crippen LogP contribution in [-0.2, 0) is 14.3 Å². The average molecular weight is 371 g/mol. The molecule has 0 unspecified atom stereocenters. The Morgan fingerprint density at radius 3 is 2.40 bits per heavy atom. The fraction of sp³-hybridized carbons (Fsp3) is 0.533. The van der Waals surface area contributed by atoms with Crippen molar-refractivity contribution in [1.29, 1.82) is 0 Å². The van der Waals surface area contributed by atoms with E-state index in [2.05, 4.69) is 15.6 Å². The number of nitrogens with one attached hydrogen (secondary N) is 2. The van der Waals surface area contributed by atoms with Crippen LogP contribution in [0.1, 0.15) is 49.0 Å². The van der Waals surface area contributed by atoms with E-state index in [-0.39, 0.29) is 35.2 Å². The van der Waals surface area contributed by atoms with Crippen molar-refractivity contribution < 1.29 is 29.0 Å². The third-order valence-electron chi connectivity index (χ3n) is 2.67. The van der Waals surface area contributed by atoms with Gasteiger partial charge in [-0.2, -0.15) is 0 Å². The standard InChI is InChI=1S/C15H21N3O6S/c1-8-11(12(22)16-7-9(19)5-6-10(20)21)25-13(17-8)18-14(23)24-15(2,3)4/h5-7H2,1-4H3,(H,16,22)(H,20,21)(H,17,18,23). The van der Waals surface area contributed by atoms with E-state index >= 15 is 0 Å². The van der Waals surface area contributed by atoms with Gasteiger partial charge in [-0.05, 0) is 27.7 Å². The average Bonchev–Trinajstić information content (AvgIpc) is 2.80. The fourth-order valence-electron chi connectivity index (χ4n) is 1.65. The van der Waals surface area contributed by atoms with E-state index in [1.165, 1.54) is 0 Å². The molecule has 1 heterocycles. The SMILES string of the molecule is Cc1nc(NC(=O)OC(C)(C)C)sc1C(=O)NCC(=O)CCC(=O)O. The van der Waals surface area contributed by atoms with E-state index in [0.717, 1.165) is 11.3 Å². The van der Waals surface area contributed by atoms with Gasteiger partial charge in [0.2, 0.25) is 0 Å². The van der Waals surface area contributed by atoms with Gasteiger partial charge in [0, 0.05) is 6.42 Å².